The van der Waals surface area contributed by atoms with Gasteiger partial charge in [0.1, 0.15) is 0 Å². The van der Waals surface area contributed by atoms with Gasteiger partial charge in [-0.15, -0.1) is 0 Å². The minimum atomic E-state index is -0.319. The average Bonchev–Trinajstić information content (AvgIpc) is 2.54. The number of rotatable bonds is 3. The Bertz CT molecular complexity index is 346. The largest absolute Gasteiger partial charge is 0.294 e. The molecule has 1 nitrogen and oxygen atoms in total. The third-order valence-electron chi connectivity index (χ3n) is 2.81. The van der Waals surface area contributed by atoms with Crippen molar-refractivity contribution in [3.63, 3.8) is 0 Å². The fraction of sp³-hybridized carbons (Fsp3) is 0.417. The Hall–Kier alpha value is -1.18. The van der Waals surface area contributed by atoms with E-state index in [1.165, 1.54) is 0 Å². The van der Waals surface area contributed by atoms with Crippen LogP contribution in [0.1, 0.15) is 28.8 Å². The summed E-state index contributed by atoms with van der Waals surface area (Å²) >= 11 is 0. The number of alkyl halides is 1. The van der Waals surface area contributed by atoms with Crippen LogP contribution in [0.3, 0.4) is 0 Å². The Labute approximate surface area is 82.9 Å². The van der Waals surface area contributed by atoms with Gasteiger partial charge in [0.05, 0.1) is 6.67 Å². The normalized spacial score (nSPS) is 19.8. The topological polar surface area (TPSA) is 17.1 Å². The number of hydrogen-bond acceptors (Lipinski definition) is 1. The van der Waals surface area contributed by atoms with E-state index in [0.29, 0.717) is 12.8 Å². The molecule has 0 saturated heterocycles. The van der Waals surface area contributed by atoms with Crippen molar-refractivity contribution >= 4 is 5.78 Å². The summed E-state index contributed by atoms with van der Waals surface area (Å²) in [5.41, 5.74) is 1.97. The van der Waals surface area contributed by atoms with Crippen molar-refractivity contribution in [1.82, 2.24) is 0 Å². The van der Waals surface area contributed by atoms with Gasteiger partial charge in [0.2, 0.25) is 0 Å². The molecule has 0 saturated carbocycles. The van der Waals surface area contributed by atoms with Gasteiger partial charge in [-0.2, -0.15) is 0 Å². The molecule has 1 unspecified atom stereocenters. The summed E-state index contributed by atoms with van der Waals surface area (Å²) in [5, 5.41) is 0. The quantitative estimate of drug-likeness (QED) is 0.719. The maximum absolute atomic E-state index is 12.0. The zero-order valence-corrected chi connectivity index (χ0v) is 8.00. The molecule has 2 rings (SSSR count). The zero-order chi connectivity index (χ0) is 9.97. The molecule has 0 spiro atoms. The Morgan fingerprint density at radius 3 is 2.86 bits per heavy atom. The average molecular weight is 192 g/mol. The van der Waals surface area contributed by atoms with E-state index in [1.54, 1.807) is 0 Å². The Morgan fingerprint density at radius 2 is 2.14 bits per heavy atom. The second-order valence-electron chi connectivity index (χ2n) is 3.75. The highest BCUT2D eigenvalue weighted by Gasteiger charge is 2.29. The van der Waals surface area contributed by atoms with E-state index in [4.69, 9.17) is 0 Å². The highest BCUT2D eigenvalue weighted by molar-refractivity contribution is 6.02. The highest BCUT2D eigenvalue weighted by atomic mass is 19.1. The fourth-order valence-corrected chi connectivity index (χ4v) is 2.07. The van der Waals surface area contributed by atoms with Crippen molar-refractivity contribution in [2.45, 2.75) is 19.3 Å². The monoisotopic (exact) mass is 192 g/mol. The van der Waals surface area contributed by atoms with Gasteiger partial charge in [-0.05, 0) is 24.8 Å². The fourth-order valence-electron chi connectivity index (χ4n) is 2.07. The zero-order valence-electron chi connectivity index (χ0n) is 8.00. The minimum Gasteiger partial charge on any atom is -0.294 e. The van der Waals surface area contributed by atoms with Crippen molar-refractivity contribution in [3.05, 3.63) is 35.4 Å². The minimum absolute atomic E-state index is 0.0307. The van der Waals surface area contributed by atoms with Crippen LogP contribution >= 0.6 is 0 Å². The van der Waals surface area contributed by atoms with Gasteiger partial charge in [0.25, 0.3) is 0 Å². The summed E-state index contributed by atoms with van der Waals surface area (Å²) in [6, 6.07) is 7.69. The smallest absolute Gasteiger partial charge is 0.166 e. The van der Waals surface area contributed by atoms with E-state index in [2.05, 4.69) is 0 Å². The van der Waals surface area contributed by atoms with Crippen molar-refractivity contribution in [1.29, 1.82) is 0 Å². The number of hydrogen-bond donors (Lipinski definition) is 0. The van der Waals surface area contributed by atoms with Gasteiger partial charge < -0.3 is 0 Å². The van der Waals surface area contributed by atoms with Crippen LogP contribution in [0.2, 0.25) is 0 Å². The summed E-state index contributed by atoms with van der Waals surface area (Å²) in [6.45, 7) is -0.319. The molecule has 0 aromatic heterocycles. The number of carbonyl (C=O) groups is 1. The Balaban J connectivity index is 2.13. The highest BCUT2D eigenvalue weighted by Crippen LogP contribution is 2.29. The predicted octanol–water partition coefficient (Wildman–Crippen LogP) is 2.79. The lowest BCUT2D eigenvalue weighted by atomic mass is 9.99. The van der Waals surface area contributed by atoms with Crippen molar-refractivity contribution in [2.75, 3.05) is 6.67 Å². The first-order valence-electron chi connectivity index (χ1n) is 5.01. The van der Waals surface area contributed by atoms with E-state index in [0.717, 1.165) is 17.5 Å². The standard InChI is InChI=1S/C12H13FO/c13-7-3-5-10-8-9-4-1-2-6-11(9)12(10)14/h1-2,4,6,10H,3,5,7-8H2. The van der Waals surface area contributed by atoms with E-state index >= 15 is 0 Å². The molecule has 1 aromatic carbocycles. The molecule has 0 bridgehead atoms. The molecule has 1 aliphatic rings. The molecule has 0 fully saturated rings. The third kappa shape index (κ3) is 1.57. The number of benzene rings is 1. The van der Waals surface area contributed by atoms with Crippen molar-refractivity contribution < 1.29 is 9.18 Å². The van der Waals surface area contributed by atoms with Gasteiger partial charge in [-0.3, -0.25) is 9.18 Å². The van der Waals surface area contributed by atoms with Gasteiger partial charge in [-0.1, -0.05) is 24.3 Å². The second-order valence-corrected chi connectivity index (χ2v) is 3.75. The number of ketones is 1. The SMILES string of the molecule is O=C1c2ccccc2CC1CCCF. The lowest BCUT2D eigenvalue weighted by Crippen LogP contribution is -2.08. The van der Waals surface area contributed by atoms with Crippen LogP contribution < -0.4 is 0 Å². The van der Waals surface area contributed by atoms with Crippen LogP contribution in [-0.4, -0.2) is 12.5 Å². The summed E-state index contributed by atoms with van der Waals surface area (Å²) in [7, 11) is 0. The first-order chi connectivity index (χ1) is 6.83. The van der Waals surface area contributed by atoms with Gasteiger partial charge in [0, 0.05) is 11.5 Å². The maximum atomic E-state index is 12.0. The van der Waals surface area contributed by atoms with Gasteiger partial charge in [0.15, 0.2) is 5.78 Å². The molecule has 1 atom stereocenters. The van der Waals surface area contributed by atoms with Crippen LogP contribution in [0.25, 0.3) is 0 Å². The van der Waals surface area contributed by atoms with E-state index in [9.17, 15) is 9.18 Å². The molecule has 74 valence electrons. The number of carbonyl (C=O) groups excluding carboxylic acids is 1. The first kappa shape index (κ1) is 9.38. The molecule has 14 heavy (non-hydrogen) atoms. The van der Waals surface area contributed by atoms with E-state index in [1.807, 2.05) is 24.3 Å². The van der Waals surface area contributed by atoms with Crippen LogP contribution in [-0.2, 0) is 6.42 Å². The molecule has 2 heteroatoms. The first-order valence-corrected chi connectivity index (χ1v) is 5.01. The number of halogens is 1. The number of Topliss-reactive ketones (excluding diaryl/α,β-unsaturated/α-hetero) is 1. The summed E-state index contributed by atoms with van der Waals surface area (Å²) in [4.78, 5) is 11.8. The van der Waals surface area contributed by atoms with Crippen LogP contribution in [0, 0.1) is 5.92 Å². The van der Waals surface area contributed by atoms with Crippen LogP contribution in [0.5, 0.6) is 0 Å². The summed E-state index contributed by atoms with van der Waals surface area (Å²) in [5.74, 6) is 0.234. The maximum Gasteiger partial charge on any atom is 0.166 e. The summed E-state index contributed by atoms with van der Waals surface area (Å²) < 4.78 is 12.0. The summed E-state index contributed by atoms with van der Waals surface area (Å²) in [6.07, 6.45) is 1.99. The molecular weight excluding hydrogens is 179 g/mol. The number of fused-ring (bicyclic) bond motifs is 1. The van der Waals surface area contributed by atoms with Gasteiger partial charge in [-0.25, -0.2) is 0 Å². The molecule has 0 radical (unpaired) electrons. The van der Waals surface area contributed by atoms with E-state index in [-0.39, 0.29) is 18.4 Å². The van der Waals surface area contributed by atoms with Crippen molar-refractivity contribution in [2.24, 2.45) is 5.92 Å². The lowest BCUT2D eigenvalue weighted by molar-refractivity contribution is 0.0928. The molecule has 1 aliphatic carbocycles. The Morgan fingerprint density at radius 1 is 1.36 bits per heavy atom. The molecule has 1 aromatic rings. The van der Waals surface area contributed by atoms with Gasteiger partial charge >= 0.3 is 0 Å². The molecular formula is C12H13FO. The molecule has 0 N–H and O–H groups in total. The second kappa shape index (κ2) is 3.91. The third-order valence-corrected chi connectivity index (χ3v) is 2.81. The lowest BCUT2D eigenvalue weighted by Gasteiger charge is -2.04. The Kier molecular flexibility index (Phi) is 2.62. The molecule has 0 amide bonds. The van der Waals surface area contributed by atoms with E-state index < -0.39 is 0 Å². The molecule has 0 aliphatic heterocycles. The molecule has 0 heterocycles. The van der Waals surface area contributed by atoms with Crippen molar-refractivity contribution in [3.8, 4) is 0 Å². The van der Waals surface area contributed by atoms with Crippen LogP contribution in [0.15, 0.2) is 24.3 Å². The van der Waals surface area contributed by atoms with Crippen LogP contribution in [0.4, 0.5) is 4.39 Å². The predicted molar refractivity (Wildman–Crippen MR) is 53.2 cm³/mol.